The first-order valence-corrected chi connectivity index (χ1v) is 8.70. The highest BCUT2D eigenvalue weighted by molar-refractivity contribution is 6.35. The summed E-state index contributed by atoms with van der Waals surface area (Å²) in [7, 11) is 0. The van der Waals surface area contributed by atoms with Gasteiger partial charge in [-0.15, -0.1) is 6.42 Å². The molecule has 1 aliphatic rings. The molecule has 4 rings (SSSR count). The number of aromatic nitrogens is 2. The molecule has 3 aromatic rings. The molecule has 1 aromatic heterocycles. The molecule has 2 N–H and O–H groups in total. The van der Waals surface area contributed by atoms with E-state index in [1.165, 1.54) is 0 Å². The Bertz CT molecular complexity index is 1150. The van der Waals surface area contributed by atoms with Gasteiger partial charge in [-0.05, 0) is 31.2 Å². The normalized spacial score (nSPS) is 15.1. The van der Waals surface area contributed by atoms with Gasteiger partial charge in [0.25, 0.3) is 5.91 Å². The van der Waals surface area contributed by atoms with E-state index in [9.17, 15) is 4.79 Å². The number of terminal acetylenes is 1. The van der Waals surface area contributed by atoms with E-state index in [-0.39, 0.29) is 11.7 Å². The SMILES string of the molecule is C#Cc1ccc2c(c1)C(c1ccccc1Cl)=N[C@@H](C)c1c(C(N)=O)ncn1-2. The fraction of sp³-hybridized carbons (Fsp3) is 0.0952. The summed E-state index contributed by atoms with van der Waals surface area (Å²) >= 11 is 6.45. The van der Waals surface area contributed by atoms with Crippen LogP contribution in [0.4, 0.5) is 0 Å². The minimum atomic E-state index is -0.589. The lowest BCUT2D eigenvalue weighted by atomic mass is 9.98. The molecule has 0 radical (unpaired) electrons. The zero-order valence-corrected chi connectivity index (χ0v) is 15.2. The van der Waals surface area contributed by atoms with Crippen molar-refractivity contribution in [1.29, 1.82) is 0 Å². The van der Waals surface area contributed by atoms with E-state index in [1.807, 2.05) is 54.0 Å². The van der Waals surface area contributed by atoms with Gasteiger partial charge in [0.05, 0.1) is 23.1 Å². The number of aliphatic imine (C=N–C) groups is 1. The van der Waals surface area contributed by atoms with Crippen molar-refractivity contribution < 1.29 is 4.79 Å². The minimum Gasteiger partial charge on any atom is -0.364 e. The molecule has 0 saturated heterocycles. The Morgan fingerprint density at radius 3 is 2.74 bits per heavy atom. The van der Waals surface area contributed by atoms with Crippen molar-refractivity contribution in [2.75, 3.05) is 0 Å². The highest BCUT2D eigenvalue weighted by Gasteiger charge is 2.28. The third-order valence-corrected chi connectivity index (χ3v) is 4.89. The van der Waals surface area contributed by atoms with Crippen molar-refractivity contribution in [3.05, 3.63) is 81.9 Å². The lowest BCUT2D eigenvalue weighted by Crippen LogP contribution is -2.15. The predicted molar refractivity (Wildman–Crippen MR) is 106 cm³/mol. The molecule has 2 heterocycles. The molecule has 1 atom stereocenters. The van der Waals surface area contributed by atoms with Gasteiger partial charge < -0.3 is 5.73 Å². The standard InChI is InChI=1S/C21H15ClN4O/c1-3-13-8-9-17-15(10-13)18(14-6-4-5-7-16(14)22)25-12(2)20-19(21(23)27)24-11-26(17)20/h1,4-12H,2H3,(H2,23,27)/t12-/m0/s1. The van der Waals surface area contributed by atoms with Crippen molar-refractivity contribution in [2.45, 2.75) is 13.0 Å². The number of imidazole rings is 1. The summed E-state index contributed by atoms with van der Waals surface area (Å²) in [6.45, 7) is 1.89. The Labute approximate surface area is 161 Å². The number of amides is 1. The molecule has 0 saturated carbocycles. The topological polar surface area (TPSA) is 73.3 Å². The Morgan fingerprint density at radius 1 is 1.26 bits per heavy atom. The van der Waals surface area contributed by atoms with Gasteiger partial charge in [0, 0.05) is 21.7 Å². The Hall–Kier alpha value is -3.36. The van der Waals surface area contributed by atoms with E-state index in [1.54, 1.807) is 6.33 Å². The largest absolute Gasteiger partial charge is 0.364 e. The molecule has 0 unspecified atom stereocenters. The summed E-state index contributed by atoms with van der Waals surface area (Å²) < 4.78 is 1.84. The van der Waals surface area contributed by atoms with Crippen LogP contribution in [0.25, 0.3) is 5.69 Å². The zero-order chi connectivity index (χ0) is 19.1. The molecule has 0 spiro atoms. The highest BCUT2D eigenvalue weighted by atomic mass is 35.5. The molecule has 5 nitrogen and oxygen atoms in total. The maximum absolute atomic E-state index is 11.9. The smallest absolute Gasteiger partial charge is 0.269 e. The fourth-order valence-electron chi connectivity index (χ4n) is 3.36. The monoisotopic (exact) mass is 374 g/mol. The lowest BCUT2D eigenvalue weighted by molar-refractivity contribution is 0.0994. The van der Waals surface area contributed by atoms with Crippen molar-refractivity contribution in [3.8, 4) is 18.0 Å². The number of rotatable bonds is 2. The fourth-order valence-corrected chi connectivity index (χ4v) is 3.58. The summed E-state index contributed by atoms with van der Waals surface area (Å²) in [6, 6.07) is 12.8. The molecule has 1 amide bonds. The number of nitrogens with two attached hydrogens (primary N) is 1. The van der Waals surface area contributed by atoms with E-state index in [2.05, 4.69) is 10.9 Å². The van der Waals surface area contributed by atoms with Crippen LogP contribution in [0.3, 0.4) is 0 Å². The van der Waals surface area contributed by atoms with Crippen LogP contribution in [0.15, 0.2) is 53.8 Å². The first-order valence-electron chi connectivity index (χ1n) is 8.32. The van der Waals surface area contributed by atoms with Crippen LogP contribution >= 0.6 is 11.6 Å². The molecule has 2 aromatic carbocycles. The van der Waals surface area contributed by atoms with E-state index in [0.29, 0.717) is 16.4 Å². The third kappa shape index (κ3) is 2.71. The lowest BCUT2D eigenvalue weighted by Gasteiger charge is -2.13. The number of hydrogen-bond acceptors (Lipinski definition) is 3. The number of carbonyl (C=O) groups is 1. The number of carbonyl (C=O) groups excluding carboxylic acids is 1. The van der Waals surface area contributed by atoms with Gasteiger partial charge in [-0.25, -0.2) is 4.98 Å². The van der Waals surface area contributed by atoms with Crippen molar-refractivity contribution in [3.63, 3.8) is 0 Å². The molecule has 0 fully saturated rings. The van der Waals surface area contributed by atoms with Gasteiger partial charge in [-0.3, -0.25) is 14.4 Å². The summed E-state index contributed by atoms with van der Waals surface area (Å²) in [5.41, 5.74) is 10.2. The van der Waals surface area contributed by atoms with Crippen LogP contribution in [0, 0.1) is 12.3 Å². The number of primary amides is 1. The molecular formula is C21H15ClN4O. The first kappa shape index (κ1) is 17.1. The van der Waals surface area contributed by atoms with Gasteiger partial charge in [0.15, 0.2) is 5.69 Å². The quantitative estimate of drug-likeness (QED) is 0.697. The van der Waals surface area contributed by atoms with Crippen LogP contribution in [-0.2, 0) is 0 Å². The number of nitrogens with zero attached hydrogens (tertiary/aromatic N) is 3. The average Bonchev–Trinajstić information content (AvgIpc) is 3.07. The highest BCUT2D eigenvalue weighted by Crippen LogP contribution is 2.34. The Kier molecular flexibility index (Phi) is 4.06. The molecule has 6 heteroatoms. The van der Waals surface area contributed by atoms with Crippen molar-refractivity contribution >= 4 is 23.2 Å². The molecule has 27 heavy (non-hydrogen) atoms. The summed E-state index contributed by atoms with van der Waals surface area (Å²) in [5, 5.41) is 0.584. The molecular weight excluding hydrogens is 360 g/mol. The third-order valence-electron chi connectivity index (χ3n) is 4.56. The van der Waals surface area contributed by atoms with Crippen molar-refractivity contribution in [2.24, 2.45) is 10.7 Å². The second-order valence-electron chi connectivity index (χ2n) is 6.22. The molecule has 1 aliphatic heterocycles. The number of fused-ring (bicyclic) bond motifs is 3. The minimum absolute atomic E-state index is 0.207. The first-order chi connectivity index (χ1) is 13.0. The summed E-state index contributed by atoms with van der Waals surface area (Å²) in [5.74, 6) is 2.07. The number of benzene rings is 2. The second-order valence-corrected chi connectivity index (χ2v) is 6.63. The molecule has 0 aliphatic carbocycles. The van der Waals surface area contributed by atoms with E-state index < -0.39 is 5.91 Å². The maximum Gasteiger partial charge on any atom is 0.269 e. The zero-order valence-electron chi connectivity index (χ0n) is 14.5. The van der Waals surface area contributed by atoms with E-state index >= 15 is 0 Å². The van der Waals surface area contributed by atoms with Crippen LogP contribution in [0.2, 0.25) is 5.02 Å². The number of halogens is 1. The van der Waals surface area contributed by atoms with Gasteiger partial charge in [-0.2, -0.15) is 0 Å². The van der Waals surface area contributed by atoms with Crippen LogP contribution < -0.4 is 5.73 Å². The number of hydrogen-bond donors (Lipinski definition) is 1. The summed E-state index contributed by atoms with van der Waals surface area (Å²) in [4.78, 5) is 20.9. The van der Waals surface area contributed by atoms with Crippen molar-refractivity contribution in [1.82, 2.24) is 9.55 Å². The van der Waals surface area contributed by atoms with E-state index in [0.717, 1.165) is 22.4 Å². The van der Waals surface area contributed by atoms with Crippen LogP contribution in [0.1, 0.15) is 45.8 Å². The van der Waals surface area contributed by atoms with Gasteiger partial charge in [0.2, 0.25) is 0 Å². The van der Waals surface area contributed by atoms with Gasteiger partial charge in [0.1, 0.15) is 6.33 Å². The van der Waals surface area contributed by atoms with E-state index in [4.69, 9.17) is 28.8 Å². The molecule has 132 valence electrons. The van der Waals surface area contributed by atoms with Crippen LogP contribution in [0.5, 0.6) is 0 Å². The second kappa shape index (κ2) is 6.42. The summed E-state index contributed by atoms with van der Waals surface area (Å²) in [6.07, 6.45) is 7.19. The van der Waals surface area contributed by atoms with Gasteiger partial charge >= 0.3 is 0 Å². The Morgan fingerprint density at radius 2 is 2.04 bits per heavy atom. The predicted octanol–water partition coefficient (Wildman–Crippen LogP) is 3.52. The Balaban J connectivity index is 2.08. The maximum atomic E-state index is 11.9. The average molecular weight is 375 g/mol. The van der Waals surface area contributed by atoms with Gasteiger partial charge in [-0.1, -0.05) is 35.7 Å². The van der Waals surface area contributed by atoms with Crippen LogP contribution in [-0.4, -0.2) is 21.2 Å². The molecule has 0 bridgehead atoms.